The molecule has 186 valence electrons. The summed E-state index contributed by atoms with van der Waals surface area (Å²) in [6.45, 7) is 3.54. The van der Waals surface area contributed by atoms with Crippen molar-refractivity contribution in [1.82, 2.24) is 9.47 Å². The number of hydrogen-bond acceptors (Lipinski definition) is 6. The number of pyridine rings is 1. The third-order valence-corrected chi connectivity index (χ3v) is 7.18. The molecule has 5 rings (SSSR count). The number of carbonyl (C=O) groups excluding carboxylic acids is 1. The molecule has 3 aliphatic rings. The van der Waals surface area contributed by atoms with Gasteiger partial charge < -0.3 is 24.2 Å². The normalized spacial score (nSPS) is 22.1. The van der Waals surface area contributed by atoms with Gasteiger partial charge in [-0.3, -0.25) is 4.79 Å². The Bertz CT molecular complexity index is 1290. The second-order valence-electron chi connectivity index (χ2n) is 9.41. The van der Waals surface area contributed by atoms with E-state index in [1.807, 2.05) is 4.90 Å². The van der Waals surface area contributed by atoms with Crippen LogP contribution in [0.25, 0.3) is 10.9 Å². The first kappa shape index (κ1) is 23.3. The van der Waals surface area contributed by atoms with Gasteiger partial charge in [-0.25, -0.2) is 18.4 Å². The zero-order valence-corrected chi connectivity index (χ0v) is 19.4. The fraction of sp³-hybridized carbons (Fsp3) is 0.480. The minimum absolute atomic E-state index is 0.0241. The molecule has 8 nitrogen and oxygen atoms in total. The smallest absolute Gasteiger partial charge is 0.341 e. The van der Waals surface area contributed by atoms with Crippen molar-refractivity contribution in [3.05, 3.63) is 52.0 Å². The van der Waals surface area contributed by atoms with Gasteiger partial charge in [-0.2, -0.15) is 0 Å². The van der Waals surface area contributed by atoms with Crippen LogP contribution in [0.5, 0.6) is 0 Å². The first-order valence-electron chi connectivity index (χ1n) is 12.0. The number of piperidine rings is 1. The highest BCUT2D eigenvalue weighted by Gasteiger charge is 2.40. The van der Waals surface area contributed by atoms with E-state index in [4.69, 9.17) is 4.74 Å². The molecule has 2 saturated heterocycles. The van der Waals surface area contributed by atoms with E-state index in [9.17, 15) is 19.5 Å². The van der Waals surface area contributed by atoms with Gasteiger partial charge in [0, 0.05) is 44.1 Å². The number of hydrogen-bond donors (Lipinski definition) is 1. The van der Waals surface area contributed by atoms with Crippen molar-refractivity contribution in [3.63, 3.8) is 0 Å². The molecule has 2 aromatic rings. The number of aromatic carboxylic acids is 1. The van der Waals surface area contributed by atoms with E-state index in [0.717, 1.165) is 38.3 Å². The number of carbonyl (C=O) groups is 2. The third kappa shape index (κ3) is 4.15. The molecule has 0 spiro atoms. The second-order valence-corrected chi connectivity index (χ2v) is 9.41. The van der Waals surface area contributed by atoms with E-state index >= 15 is 8.78 Å². The van der Waals surface area contributed by atoms with E-state index in [1.165, 1.54) is 16.8 Å². The summed E-state index contributed by atoms with van der Waals surface area (Å²) in [5, 5.41) is 9.16. The molecule has 1 saturated carbocycles. The maximum absolute atomic E-state index is 16.0. The van der Waals surface area contributed by atoms with E-state index in [0.29, 0.717) is 13.1 Å². The van der Waals surface area contributed by atoms with Crippen LogP contribution >= 0.6 is 0 Å². The minimum Gasteiger partial charge on any atom is -0.477 e. The lowest BCUT2D eigenvalue weighted by Crippen LogP contribution is -2.41. The highest BCUT2D eigenvalue weighted by molar-refractivity contribution is 5.94. The van der Waals surface area contributed by atoms with Crippen LogP contribution in [0.4, 0.5) is 14.5 Å². The number of fused-ring (bicyclic) bond motifs is 2. The van der Waals surface area contributed by atoms with Gasteiger partial charge in [0.05, 0.1) is 23.6 Å². The number of anilines is 1. The molecule has 2 atom stereocenters. The molecule has 3 heterocycles. The van der Waals surface area contributed by atoms with Crippen LogP contribution in [0.3, 0.4) is 0 Å². The number of carboxylic acids is 1. The minimum atomic E-state index is -1.42. The van der Waals surface area contributed by atoms with E-state index in [-0.39, 0.29) is 41.2 Å². The van der Waals surface area contributed by atoms with Crippen molar-refractivity contribution < 1.29 is 28.2 Å². The number of esters is 1. The predicted molar refractivity (Wildman–Crippen MR) is 125 cm³/mol. The Morgan fingerprint density at radius 1 is 1.23 bits per heavy atom. The van der Waals surface area contributed by atoms with Crippen molar-refractivity contribution in [2.75, 3.05) is 31.1 Å². The van der Waals surface area contributed by atoms with Crippen LogP contribution < -0.4 is 10.3 Å². The quantitative estimate of drug-likeness (QED) is 0.494. The van der Waals surface area contributed by atoms with Crippen molar-refractivity contribution in [3.8, 4) is 0 Å². The number of ether oxygens (including phenoxy) is 1. The number of halogens is 2. The summed E-state index contributed by atoms with van der Waals surface area (Å²) in [6.07, 6.45) is 7.52. The Kier molecular flexibility index (Phi) is 5.98. The van der Waals surface area contributed by atoms with Crippen LogP contribution in [0.1, 0.15) is 49.0 Å². The van der Waals surface area contributed by atoms with Crippen molar-refractivity contribution >= 4 is 28.5 Å². The highest BCUT2D eigenvalue weighted by atomic mass is 19.1. The standard InChI is InChI=1S/C25H27F2N3O5/c1-2-35-20(31)7-9-28-8-3-4-14-11-29(13-19(14)28)23-18(26)10-16-22(21(23)27)30(15-5-6-15)12-17(24(16)32)25(33)34/h7,9-10,12,14-15,19H,2-6,8,11,13H2,1H3,(H,33,34)/b9-7+/t14-,19+/m0/s1. The number of rotatable bonds is 6. The zero-order valence-electron chi connectivity index (χ0n) is 19.4. The lowest BCUT2D eigenvalue weighted by molar-refractivity contribution is -0.137. The van der Waals surface area contributed by atoms with Gasteiger partial charge in [0.1, 0.15) is 17.1 Å². The summed E-state index contributed by atoms with van der Waals surface area (Å²) in [6, 6.07) is 0.833. The lowest BCUT2D eigenvalue weighted by atomic mass is 9.92. The second kappa shape index (κ2) is 8.98. The summed E-state index contributed by atoms with van der Waals surface area (Å²) < 4.78 is 37.8. The molecule has 0 radical (unpaired) electrons. The summed E-state index contributed by atoms with van der Waals surface area (Å²) in [5.74, 6) is -3.42. The Balaban J connectivity index is 1.53. The molecule has 3 fully saturated rings. The van der Waals surface area contributed by atoms with Gasteiger partial charge in [0.25, 0.3) is 0 Å². The molecule has 0 amide bonds. The zero-order chi connectivity index (χ0) is 24.9. The number of benzene rings is 1. The number of likely N-dealkylation sites (tertiary alicyclic amines) is 1. The van der Waals surface area contributed by atoms with E-state index in [1.54, 1.807) is 18.0 Å². The molecule has 1 N–H and O–H groups in total. The average Bonchev–Trinajstić information content (AvgIpc) is 3.57. The first-order chi connectivity index (χ1) is 16.8. The third-order valence-electron chi connectivity index (χ3n) is 7.18. The monoisotopic (exact) mass is 487 g/mol. The fourth-order valence-corrected chi connectivity index (χ4v) is 5.44. The van der Waals surface area contributed by atoms with E-state index < -0.39 is 34.6 Å². The summed E-state index contributed by atoms with van der Waals surface area (Å²) in [7, 11) is 0. The number of carboxylic acid groups (broad SMARTS) is 1. The molecule has 1 aromatic carbocycles. The average molecular weight is 488 g/mol. The Morgan fingerprint density at radius 2 is 2.00 bits per heavy atom. The van der Waals surface area contributed by atoms with Crippen molar-refractivity contribution in [2.24, 2.45) is 5.92 Å². The highest BCUT2D eigenvalue weighted by Crippen LogP contribution is 2.41. The molecule has 10 heteroatoms. The van der Waals surface area contributed by atoms with Gasteiger partial charge in [-0.1, -0.05) is 0 Å². The van der Waals surface area contributed by atoms with Crippen LogP contribution in [0, 0.1) is 17.6 Å². The largest absolute Gasteiger partial charge is 0.477 e. The molecular weight excluding hydrogens is 460 g/mol. The van der Waals surface area contributed by atoms with Gasteiger partial charge in [0.15, 0.2) is 5.82 Å². The Morgan fingerprint density at radius 3 is 2.69 bits per heavy atom. The summed E-state index contributed by atoms with van der Waals surface area (Å²) >= 11 is 0. The van der Waals surface area contributed by atoms with Crippen LogP contribution in [0.15, 0.2) is 29.3 Å². The van der Waals surface area contributed by atoms with Gasteiger partial charge in [-0.15, -0.1) is 0 Å². The molecule has 0 bridgehead atoms. The van der Waals surface area contributed by atoms with Gasteiger partial charge in [0.2, 0.25) is 5.43 Å². The lowest BCUT2D eigenvalue weighted by Gasteiger charge is -2.35. The maximum Gasteiger partial charge on any atom is 0.341 e. The fourth-order valence-electron chi connectivity index (χ4n) is 5.44. The summed E-state index contributed by atoms with van der Waals surface area (Å²) in [4.78, 5) is 39.7. The van der Waals surface area contributed by atoms with Crippen molar-refractivity contribution in [2.45, 2.75) is 44.7 Å². The molecule has 1 aromatic heterocycles. The molecule has 1 aliphatic carbocycles. The van der Waals surface area contributed by atoms with Gasteiger partial charge in [-0.05, 0) is 44.6 Å². The predicted octanol–water partition coefficient (Wildman–Crippen LogP) is 3.29. The molecule has 0 unspecified atom stereocenters. The summed E-state index contributed by atoms with van der Waals surface area (Å²) in [5.41, 5.74) is -1.63. The van der Waals surface area contributed by atoms with Gasteiger partial charge >= 0.3 is 11.9 Å². The van der Waals surface area contributed by atoms with E-state index in [2.05, 4.69) is 0 Å². The van der Waals surface area contributed by atoms with Crippen molar-refractivity contribution in [1.29, 1.82) is 0 Å². The van der Waals surface area contributed by atoms with Crippen LogP contribution in [-0.4, -0.2) is 58.8 Å². The maximum atomic E-state index is 16.0. The van der Waals surface area contributed by atoms with Crippen LogP contribution in [-0.2, 0) is 9.53 Å². The molecule has 2 aliphatic heterocycles. The SMILES string of the molecule is CCOC(=O)/C=C/N1CCC[C@H]2CN(c3c(F)cc4c(=O)c(C(=O)O)cn(C5CC5)c4c3F)C[C@H]21. The Hall–Kier alpha value is -3.43. The topological polar surface area (TPSA) is 92.1 Å². The first-order valence-corrected chi connectivity index (χ1v) is 12.0. The van der Waals surface area contributed by atoms with Crippen LogP contribution in [0.2, 0.25) is 0 Å². The Labute approximate surface area is 200 Å². The number of nitrogens with zero attached hydrogens (tertiary/aromatic N) is 3. The molecule has 35 heavy (non-hydrogen) atoms. The molecular formula is C25H27F2N3O5. The number of aromatic nitrogens is 1.